The second-order valence-electron chi connectivity index (χ2n) is 10.1. The summed E-state index contributed by atoms with van der Waals surface area (Å²) in [5, 5.41) is 13.1. The summed E-state index contributed by atoms with van der Waals surface area (Å²) in [6.45, 7) is 1.75. The lowest BCUT2D eigenvalue weighted by atomic mass is 10.0. The number of hydrogen-bond donors (Lipinski definition) is 1. The molecule has 1 aromatic heterocycles. The summed E-state index contributed by atoms with van der Waals surface area (Å²) < 4.78 is 85.2. The number of fused-ring (bicyclic) bond motifs is 2. The van der Waals surface area contributed by atoms with Crippen LogP contribution in [-0.2, 0) is 12.6 Å². The number of nitrogens with zero attached hydrogens (tertiary/aromatic N) is 3. The zero-order valence-corrected chi connectivity index (χ0v) is 22.8. The van der Waals surface area contributed by atoms with Gasteiger partial charge < -0.3 is 19.3 Å². The molecule has 44 heavy (non-hydrogen) atoms. The van der Waals surface area contributed by atoms with Crippen molar-refractivity contribution in [3.05, 3.63) is 94.7 Å². The molecule has 2 aliphatic rings. The Bertz CT molecular complexity index is 1770. The van der Waals surface area contributed by atoms with Crippen LogP contribution in [0, 0.1) is 0 Å². The van der Waals surface area contributed by atoms with Crippen molar-refractivity contribution in [1.82, 2.24) is 9.78 Å². The summed E-state index contributed by atoms with van der Waals surface area (Å²) in [6.07, 6.45) is -9.00. The molecule has 9 nitrogen and oxygen atoms in total. The molecular formula is C30H22F5N3O6. The largest absolute Gasteiger partial charge is 0.586 e. The van der Waals surface area contributed by atoms with Gasteiger partial charge >= 0.3 is 18.4 Å². The number of ether oxygens (including phenoxy) is 3. The third-order valence-corrected chi connectivity index (χ3v) is 7.18. The van der Waals surface area contributed by atoms with Gasteiger partial charge in [-0.1, -0.05) is 12.1 Å². The summed E-state index contributed by atoms with van der Waals surface area (Å²) in [7, 11) is 0. The summed E-state index contributed by atoms with van der Waals surface area (Å²) in [5.74, 6) is -1.93. The van der Waals surface area contributed by atoms with E-state index in [-0.39, 0.29) is 64.8 Å². The maximum atomic E-state index is 14.1. The predicted molar refractivity (Wildman–Crippen MR) is 144 cm³/mol. The van der Waals surface area contributed by atoms with Crippen LogP contribution in [0.2, 0.25) is 0 Å². The summed E-state index contributed by atoms with van der Waals surface area (Å²) in [6, 6.07) is 15.3. The number of rotatable bonds is 6. The molecule has 0 fully saturated rings. The van der Waals surface area contributed by atoms with E-state index >= 15 is 0 Å². The highest BCUT2D eigenvalue weighted by molar-refractivity contribution is 6.07. The van der Waals surface area contributed by atoms with E-state index in [0.29, 0.717) is 5.56 Å². The van der Waals surface area contributed by atoms with Crippen molar-refractivity contribution in [1.29, 1.82) is 0 Å². The standard InChI is InChI=1S/C30H22F5N3O6/c1-16(19-11-12-23-24(14-19)44-30(34,35)43-23)42-21-5-2-4-20(15-21)38-26-22(25(36-38)29(31,32)33)6-3-13-37(26)27(39)17-7-9-18(10-8-17)28(40)41/h2,4-5,7-12,14-16H,3,6,13H2,1H3,(H,40,41)/t16-/m0/s1. The van der Waals surface area contributed by atoms with Crippen LogP contribution in [0.4, 0.5) is 27.8 Å². The number of carboxylic acid groups (broad SMARTS) is 1. The van der Waals surface area contributed by atoms with E-state index in [1.807, 2.05) is 0 Å². The van der Waals surface area contributed by atoms with Crippen LogP contribution >= 0.6 is 0 Å². The van der Waals surface area contributed by atoms with Crippen molar-refractivity contribution in [2.24, 2.45) is 0 Å². The van der Waals surface area contributed by atoms with E-state index in [1.165, 1.54) is 59.5 Å². The number of carbonyl (C=O) groups excluding carboxylic acids is 1. The maximum absolute atomic E-state index is 14.1. The fraction of sp³-hybridized carbons (Fsp3) is 0.233. The third kappa shape index (κ3) is 5.38. The number of carboxylic acids is 1. The second-order valence-corrected chi connectivity index (χ2v) is 10.1. The first-order chi connectivity index (χ1) is 20.8. The van der Waals surface area contributed by atoms with Gasteiger partial charge in [0.1, 0.15) is 17.7 Å². The first-order valence-electron chi connectivity index (χ1n) is 13.3. The molecule has 14 heteroatoms. The van der Waals surface area contributed by atoms with Crippen molar-refractivity contribution in [2.75, 3.05) is 11.4 Å². The Morgan fingerprint density at radius 3 is 2.41 bits per heavy atom. The van der Waals surface area contributed by atoms with Gasteiger partial charge in [-0.05, 0) is 73.9 Å². The predicted octanol–water partition coefficient (Wildman–Crippen LogP) is 6.64. The van der Waals surface area contributed by atoms with Gasteiger partial charge in [0, 0.05) is 23.7 Å². The quantitative estimate of drug-likeness (QED) is 0.243. The highest BCUT2D eigenvalue weighted by atomic mass is 19.4. The van der Waals surface area contributed by atoms with Crippen molar-refractivity contribution < 1.29 is 50.9 Å². The number of amides is 1. The smallest absolute Gasteiger partial charge is 0.486 e. The number of alkyl halides is 5. The normalized spacial score (nSPS) is 15.9. The molecule has 0 saturated heterocycles. The number of anilines is 1. The van der Waals surface area contributed by atoms with Crippen LogP contribution in [0.3, 0.4) is 0 Å². The molecule has 0 bridgehead atoms. The van der Waals surface area contributed by atoms with Crippen LogP contribution in [0.15, 0.2) is 66.7 Å². The van der Waals surface area contributed by atoms with E-state index in [9.17, 15) is 36.6 Å². The first kappa shape index (κ1) is 29.0. The van der Waals surface area contributed by atoms with E-state index in [1.54, 1.807) is 19.1 Å². The SMILES string of the molecule is C[C@H](Oc1cccc(-n2nc(C(F)(F)F)c3c2N(C(=O)c2ccc(C(=O)O)cc2)CCC3)c1)c1ccc2c(c1)OC(F)(F)O2. The monoisotopic (exact) mass is 615 g/mol. The van der Waals surface area contributed by atoms with Gasteiger partial charge in [0.05, 0.1) is 11.3 Å². The summed E-state index contributed by atoms with van der Waals surface area (Å²) >= 11 is 0. The lowest BCUT2D eigenvalue weighted by molar-refractivity contribution is -0.286. The van der Waals surface area contributed by atoms with E-state index in [2.05, 4.69) is 14.6 Å². The van der Waals surface area contributed by atoms with Gasteiger partial charge in [0.2, 0.25) is 0 Å². The van der Waals surface area contributed by atoms with Gasteiger partial charge in [-0.3, -0.25) is 9.69 Å². The molecule has 0 spiro atoms. The molecular weight excluding hydrogens is 593 g/mol. The second kappa shape index (κ2) is 10.5. The number of aromatic carboxylic acids is 1. The average molecular weight is 616 g/mol. The molecule has 1 N–H and O–H groups in total. The molecule has 2 aliphatic heterocycles. The Hall–Kier alpha value is -5.14. The first-order valence-corrected chi connectivity index (χ1v) is 13.3. The topological polar surface area (TPSA) is 103 Å². The van der Waals surface area contributed by atoms with Crippen LogP contribution in [0.5, 0.6) is 17.2 Å². The Labute approximate surface area is 246 Å². The van der Waals surface area contributed by atoms with Gasteiger partial charge in [-0.2, -0.15) is 18.3 Å². The summed E-state index contributed by atoms with van der Waals surface area (Å²) in [4.78, 5) is 26.0. The minimum atomic E-state index is -4.80. The minimum Gasteiger partial charge on any atom is -0.486 e. The molecule has 0 unspecified atom stereocenters. The maximum Gasteiger partial charge on any atom is 0.586 e. The lowest BCUT2D eigenvalue weighted by Crippen LogP contribution is -2.37. The van der Waals surface area contributed by atoms with Crippen molar-refractivity contribution >= 4 is 17.7 Å². The van der Waals surface area contributed by atoms with E-state index in [4.69, 9.17) is 4.74 Å². The molecule has 228 valence electrons. The van der Waals surface area contributed by atoms with Crippen molar-refractivity contribution in [3.8, 4) is 22.9 Å². The molecule has 0 radical (unpaired) electrons. The third-order valence-electron chi connectivity index (χ3n) is 7.18. The molecule has 3 aromatic carbocycles. The number of aromatic nitrogens is 2. The zero-order chi connectivity index (χ0) is 31.4. The molecule has 0 aliphatic carbocycles. The Balaban J connectivity index is 1.34. The Morgan fingerprint density at radius 1 is 1.00 bits per heavy atom. The lowest BCUT2D eigenvalue weighted by Gasteiger charge is -2.29. The van der Waals surface area contributed by atoms with Crippen LogP contribution in [-0.4, -0.2) is 39.6 Å². The van der Waals surface area contributed by atoms with Crippen molar-refractivity contribution in [2.45, 2.75) is 38.3 Å². The minimum absolute atomic E-state index is 0.0301. The molecule has 4 aromatic rings. The van der Waals surface area contributed by atoms with Crippen LogP contribution in [0.1, 0.15) is 57.0 Å². The van der Waals surface area contributed by atoms with Gasteiger partial charge in [0.25, 0.3) is 5.91 Å². The number of benzene rings is 3. The molecule has 1 atom stereocenters. The average Bonchev–Trinajstić information content (AvgIpc) is 3.53. The molecule has 3 heterocycles. The molecule has 6 rings (SSSR count). The fourth-order valence-electron chi connectivity index (χ4n) is 5.16. The van der Waals surface area contributed by atoms with Crippen molar-refractivity contribution in [3.63, 3.8) is 0 Å². The number of hydrogen-bond acceptors (Lipinski definition) is 6. The number of halogens is 5. The fourth-order valence-corrected chi connectivity index (χ4v) is 5.16. The zero-order valence-electron chi connectivity index (χ0n) is 22.8. The molecule has 0 saturated carbocycles. The number of carbonyl (C=O) groups is 2. The van der Waals surface area contributed by atoms with Gasteiger partial charge in [0.15, 0.2) is 17.2 Å². The van der Waals surface area contributed by atoms with Crippen LogP contribution in [0.25, 0.3) is 5.69 Å². The van der Waals surface area contributed by atoms with E-state index in [0.717, 1.165) is 4.68 Å². The molecule has 1 amide bonds. The van der Waals surface area contributed by atoms with Gasteiger partial charge in [-0.15, -0.1) is 8.78 Å². The Morgan fingerprint density at radius 2 is 1.70 bits per heavy atom. The van der Waals surface area contributed by atoms with E-state index < -0.39 is 36.1 Å². The highest BCUT2D eigenvalue weighted by Crippen LogP contribution is 2.43. The Kier molecular flexibility index (Phi) is 6.94. The van der Waals surface area contributed by atoms with Crippen LogP contribution < -0.4 is 19.1 Å². The van der Waals surface area contributed by atoms with Gasteiger partial charge in [-0.25, -0.2) is 9.48 Å². The summed E-state index contributed by atoms with van der Waals surface area (Å²) in [5.41, 5.74) is -0.574. The highest BCUT2D eigenvalue weighted by Gasteiger charge is 2.44.